The van der Waals surface area contributed by atoms with Gasteiger partial charge in [-0.05, 0) is 32.1 Å². The number of hydrogen-bond acceptors (Lipinski definition) is 5. The smallest absolute Gasteiger partial charge is 0.201 e. The molecular formula is C13H18N6O. The first-order valence-corrected chi connectivity index (χ1v) is 6.59. The van der Waals surface area contributed by atoms with Gasteiger partial charge in [0.2, 0.25) is 5.95 Å². The van der Waals surface area contributed by atoms with Crippen LogP contribution in [0.1, 0.15) is 12.0 Å². The first kappa shape index (κ1) is 12.7. The molecule has 0 aliphatic carbocycles. The number of aromatic amines is 1. The number of fused-ring (bicyclic) bond motifs is 1. The van der Waals surface area contributed by atoms with Crippen molar-refractivity contribution in [2.75, 3.05) is 25.5 Å². The molecule has 5 N–H and O–H groups in total. The van der Waals surface area contributed by atoms with E-state index in [2.05, 4.69) is 32.4 Å². The number of rotatable bonds is 3. The highest BCUT2D eigenvalue weighted by Gasteiger charge is 2.20. The number of aromatic nitrogens is 2. The van der Waals surface area contributed by atoms with E-state index in [1.165, 1.54) is 0 Å². The number of nitrogens with one attached hydrogen (secondary N) is 2. The van der Waals surface area contributed by atoms with Crippen molar-refractivity contribution in [2.45, 2.75) is 12.5 Å². The van der Waals surface area contributed by atoms with E-state index in [1.807, 2.05) is 12.1 Å². The topological polar surface area (TPSA) is 103 Å². The summed E-state index contributed by atoms with van der Waals surface area (Å²) >= 11 is 0. The van der Waals surface area contributed by atoms with Gasteiger partial charge >= 0.3 is 0 Å². The van der Waals surface area contributed by atoms with Crippen LogP contribution in [0.15, 0.2) is 23.4 Å². The summed E-state index contributed by atoms with van der Waals surface area (Å²) in [7, 11) is 2.11. The highest BCUT2D eigenvalue weighted by atomic mass is 16.4. The lowest BCUT2D eigenvalue weighted by Crippen LogP contribution is -2.24. The molecule has 2 heterocycles. The summed E-state index contributed by atoms with van der Waals surface area (Å²) in [6.45, 7) is 2.09. The molecule has 0 spiro atoms. The summed E-state index contributed by atoms with van der Waals surface area (Å²) in [5.41, 5.74) is 7.86. The fraction of sp³-hybridized carbons (Fsp3) is 0.385. The fourth-order valence-electron chi connectivity index (χ4n) is 2.61. The summed E-state index contributed by atoms with van der Waals surface area (Å²) in [5, 5.41) is 15.3. The number of nitrogens with two attached hydrogens (primary N) is 1. The first-order chi connectivity index (χ1) is 9.67. The molecule has 1 aromatic heterocycles. The summed E-state index contributed by atoms with van der Waals surface area (Å²) < 4.78 is 0. The van der Waals surface area contributed by atoms with Crippen molar-refractivity contribution in [3.63, 3.8) is 0 Å². The highest BCUT2D eigenvalue weighted by molar-refractivity contribution is 6.07. The molecule has 7 nitrogen and oxygen atoms in total. The second-order valence-corrected chi connectivity index (χ2v) is 5.16. The second-order valence-electron chi connectivity index (χ2n) is 5.16. The molecule has 1 aliphatic heterocycles. The van der Waals surface area contributed by atoms with Gasteiger partial charge in [-0.3, -0.25) is 0 Å². The van der Waals surface area contributed by atoms with Gasteiger partial charge in [0.15, 0.2) is 5.84 Å². The minimum Gasteiger partial charge on any atom is -0.409 e. The van der Waals surface area contributed by atoms with Crippen LogP contribution in [0, 0.1) is 0 Å². The van der Waals surface area contributed by atoms with Crippen molar-refractivity contribution < 1.29 is 5.21 Å². The minimum atomic E-state index is 0.0641. The van der Waals surface area contributed by atoms with Gasteiger partial charge in [0, 0.05) is 18.2 Å². The third-order valence-corrected chi connectivity index (χ3v) is 3.63. The molecule has 1 saturated heterocycles. The van der Waals surface area contributed by atoms with Crippen molar-refractivity contribution in [3.8, 4) is 0 Å². The van der Waals surface area contributed by atoms with Crippen LogP contribution >= 0.6 is 0 Å². The monoisotopic (exact) mass is 274 g/mol. The van der Waals surface area contributed by atoms with Gasteiger partial charge in [0.25, 0.3) is 0 Å². The van der Waals surface area contributed by atoms with Crippen molar-refractivity contribution in [1.82, 2.24) is 14.9 Å². The number of anilines is 1. The standard InChI is InChI=1S/C13H18N6O/c1-19-6-5-8(7-19)15-13-16-10-4-2-3-9(11(10)17-13)12(14)18-20/h2-4,8,20H,5-7H2,1H3,(H2,14,18)(H2,15,16,17). The van der Waals surface area contributed by atoms with E-state index in [1.54, 1.807) is 6.07 Å². The van der Waals surface area contributed by atoms with E-state index in [4.69, 9.17) is 10.9 Å². The van der Waals surface area contributed by atoms with Gasteiger partial charge in [-0.15, -0.1) is 0 Å². The van der Waals surface area contributed by atoms with Gasteiger partial charge in [-0.1, -0.05) is 11.2 Å². The number of hydrogen-bond donors (Lipinski definition) is 4. The molecule has 3 rings (SSSR count). The number of likely N-dealkylation sites (N-methyl/N-ethyl adjacent to an activating group) is 1. The van der Waals surface area contributed by atoms with Crippen LogP contribution in [0.5, 0.6) is 0 Å². The van der Waals surface area contributed by atoms with Crippen LogP contribution in [-0.4, -0.2) is 52.1 Å². The second kappa shape index (κ2) is 5.01. The molecule has 106 valence electrons. The first-order valence-electron chi connectivity index (χ1n) is 6.59. The Morgan fingerprint density at radius 3 is 3.15 bits per heavy atom. The maximum absolute atomic E-state index is 8.82. The number of benzene rings is 1. The Hall–Kier alpha value is -2.28. The lowest BCUT2D eigenvalue weighted by atomic mass is 10.2. The molecule has 0 saturated carbocycles. The van der Waals surface area contributed by atoms with Crippen molar-refractivity contribution in [3.05, 3.63) is 23.8 Å². The Morgan fingerprint density at radius 1 is 1.60 bits per heavy atom. The van der Waals surface area contributed by atoms with Crippen LogP contribution in [-0.2, 0) is 0 Å². The number of para-hydroxylation sites is 1. The Balaban J connectivity index is 1.90. The third kappa shape index (κ3) is 2.27. The average Bonchev–Trinajstić information content (AvgIpc) is 3.03. The molecule has 1 atom stereocenters. The zero-order valence-electron chi connectivity index (χ0n) is 11.3. The third-order valence-electron chi connectivity index (χ3n) is 3.63. The minimum absolute atomic E-state index is 0.0641. The maximum atomic E-state index is 8.82. The lowest BCUT2D eigenvalue weighted by Gasteiger charge is -2.11. The van der Waals surface area contributed by atoms with Gasteiger partial charge in [-0.25, -0.2) is 4.98 Å². The van der Waals surface area contributed by atoms with Crippen LogP contribution in [0.4, 0.5) is 5.95 Å². The quantitative estimate of drug-likeness (QED) is 0.286. The number of oxime groups is 1. The molecule has 0 bridgehead atoms. The Labute approximate surface area is 116 Å². The van der Waals surface area contributed by atoms with Crippen molar-refractivity contribution in [2.24, 2.45) is 10.9 Å². The Morgan fingerprint density at radius 2 is 2.45 bits per heavy atom. The number of amidine groups is 1. The van der Waals surface area contributed by atoms with Crippen LogP contribution in [0.3, 0.4) is 0 Å². The van der Waals surface area contributed by atoms with Gasteiger partial charge in [0.05, 0.1) is 5.52 Å². The predicted octanol–water partition coefficient (Wildman–Crippen LogP) is 0.773. The molecule has 0 amide bonds. The van der Waals surface area contributed by atoms with Crippen LogP contribution in [0.25, 0.3) is 11.0 Å². The molecule has 1 fully saturated rings. The predicted molar refractivity (Wildman–Crippen MR) is 78.1 cm³/mol. The van der Waals surface area contributed by atoms with Gasteiger partial charge in [0.1, 0.15) is 5.52 Å². The lowest BCUT2D eigenvalue weighted by molar-refractivity contribution is 0.318. The summed E-state index contributed by atoms with van der Waals surface area (Å²) in [5.74, 6) is 0.785. The molecule has 7 heteroatoms. The normalized spacial score (nSPS) is 20.6. The van der Waals surface area contributed by atoms with E-state index in [0.717, 1.165) is 31.0 Å². The summed E-state index contributed by atoms with van der Waals surface area (Å²) in [6.07, 6.45) is 1.10. The van der Waals surface area contributed by atoms with Gasteiger partial charge < -0.3 is 26.1 Å². The van der Waals surface area contributed by atoms with E-state index in [-0.39, 0.29) is 5.84 Å². The largest absolute Gasteiger partial charge is 0.409 e. The SMILES string of the molecule is CN1CCC(Nc2nc3c(C(N)=NO)cccc3[nH]2)C1. The Kier molecular flexibility index (Phi) is 3.19. The highest BCUT2D eigenvalue weighted by Crippen LogP contribution is 2.20. The number of imidazole rings is 1. The number of H-pyrrole nitrogens is 1. The van der Waals surface area contributed by atoms with E-state index >= 15 is 0 Å². The van der Waals surface area contributed by atoms with Crippen molar-refractivity contribution in [1.29, 1.82) is 0 Å². The fourth-order valence-corrected chi connectivity index (χ4v) is 2.61. The van der Waals surface area contributed by atoms with Gasteiger partial charge in [-0.2, -0.15) is 0 Å². The Bertz CT molecular complexity index is 649. The molecule has 1 aromatic carbocycles. The summed E-state index contributed by atoms with van der Waals surface area (Å²) in [4.78, 5) is 10.0. The van der Waals surface area contributed by atoms with Crippen LogP contribution < -0.4 is 11.1 Å². The van der Waals surface area contributed by atoms with Crippen molar-refractivity contribution >= 4 is 22.8 Å². The van der Waals surface area contributed by atoms with E-state index in [9.17, 15) is 0 Å². The molecule has 20 heavy (non-hydrogen) atoms. The maximum Gasteiger partial charge on any atom is 0.201 e. The molecule has 0 radical (unpaired) electrons. The zero-order chi connectivity index (χ0) is 14.1. The van der Waals surface area contributed by atoms with E-state index in [0.29, 0.717) is 17.1 Å². The van der Waals surface area contributed by atoms with E-state index < -0.39 is 0 Å². The zero-order valence-corrected chi connectivity index (χ0v) is 11.3. The molecular weight excluding hydrogens is 256 g/mol. The number of likely N-dealkylation sites (tertiary alicyclic amines) is 1. The summed E-state index contributed by atoms with van der Waals surface area (Å²) in [6, 6.07) is 5.95. The molecule has 1 aliphatic rings. The number of nitrogens with zero attached hydrogens (tertiary/aromatic N) is 3. The average molecular weight is 274 g/mol. The molecule has 2 aromatic rings. The molecule has 1 unspecified atom stereocenters. The van der Waals surface area contributed by atoms with Crippen LogP contribution in [0.2, 0.25) is 0 Å².